The molecule has 0 atom stereocenters. The summed E-state index contributed by atoms with van der Waals surface area (Å²) in [6.07, 6.45) is 2.40. The predicted octanol–water partition coefficient (Wildman–Crippen LogP) is 3.90. The third kappa shape index (κ3) is 5.03. The van der Waals surface area contributed by atoms with Gasteiger partial charge in [-0.3, -0.25) is 0 Å². The van der Waals surface area contributed by atoms with Crippen molar-refractivity contribution >= 4 is 17.3 Å². The van der Waals surface area contributed by atoms with Crippen LogP contribution in [0.15, 0.2) is 54.9 Å². The molecule has 2 N–H and O–H groups in total. The molecular formula is C21H24N4O3. The highest BCUT2D eigenvalue weighted by molar-refractivity contribution is 5.66. The van der Waals surface area contributed by atoms with Crippen molar-refractivity contribution in [3.8, 4) is 17.2 Å². The Hall–Kier alpha value is -3.48. The largest absolute Gasteiger partial charge is 0.497 e. The molecule has 0 radical (unpaired) electrons. The molecule has 7 nitrogen and oxygen atoms in total. The molecule has 1 aromatic heterocycles. The van der Waals surface area contributed by atoms with Crippen LogP contribution in [0.4, 0.5) is 17.3 Å². The lowest BCUT2D eigenvalue weighted by molar-refractivity contribution is 0.395. The standard InChI is InChI=1S/C21H24N4O3/c1-26-16-6-4-15(5-7-16)10-11-22-20-13-21(24-14-23-20)25-18-9-8-17(27-2)12-19(18)28-3/h4-9,12-14H,10-11H2,1-3H3,(H2,22,23,24,25). The summed E-state index contributed by atoms with van der Waals surface area (Å²) < 4.78 is 15.8. The van der Waals surface area contributed by atoms with Gasteiger partial charge in [0.25, 0.3) is 0 Å². The van der Waals surface area contributed by atoms with Gasteiger partial charge in [0.1, 0.15) is 35.2 Å². The van der Waals surface area contributed by atoms with Crippen LogP contribution < -0.4 is 24.8 Å². The number of rotatable bonds is 9. The first-order valence-electron chi connectivity index (χ1n) is 8.89. The first-order valence-corrected chi connectivity index (χ1v) is 8.89. The fourth-order valence-electron chi connectivity index (χ4n) is 2.69. The number of nitrogens with one attached hydrogen (secondary N) is 2. The molecule has 0 saturated carbocycles. The lowest BCUT2D eigenvalue weighted by atomic mass is 10.1. The minimum absolute atomic E-state index is 0.672. The second-order valence-electron chi connectivity index (χ2n) is 6.00. The third-order valence-corrected chi connectivity index (χ3v) is 4.22. The zero-order valence-electron chi connectivity index (χ0n) is 16.2. The number of anilines is 3. The molecule has 2 aromatic carbocycles. The molecule has 0 aliphatic rings. The summed E-state index contributed by atoms with van der Waals surface area (Å²) in [5.74, 6) is 3.68. The van der Waals surface area contributed by atoms with E-state index >= 15 is 0 Å². The first-order chi connectivity index (χ1) is 13.7. The summed E-state index contributed by atoms with van der Waals surface area (Å²) in [5, 5.41) is 6.57. The average Bonchev–Trinajstić information content (AvgIpc) is 2.75. The summed E-state index contributed by atoms with van der Waals surface area (Å²) in [6.45, 7) is 0.759. The van der Waals surface area contributed by atoms with Gasteiger partial charge in [-0.15, -0.1) is 0 Å². The smallest absolute Gasteiger partial charge is 0.146 e. The maximum absolute atomic E-state index is 5.41. The molecule has 3 aromatic rings. The summed E-state index contributed by atoms with van der Waals surface area (Å²) in [4.78, 5) is 8.55. The van der Waals surface area contributed by atoms with Crippen molar-refractivity contribution < 1.29 is 14.2 Å². The van der Waals surface area contributed by atoms with E-state index in [-0.39, 0.29) is 0 Å². The van der Waals surface area contributed by atoms with Gasteiger partial charge in [0.15, 0.2) is 0 Å². The summed E-state index contributed by atoms with van der Waals surface area (Å²) >= 11 is 0. The van der Waals surface area contributed by atoms with Crippen LogP contribution in [0.5, 0.6) is 17.2 Å². The lowest BCUT2D eigenvalue weighted by Crippen LogP contribution is -2.07. The van der Waals surface area contributed by atoms with Crippen molar-refractivity contribution in [1.29, 1.82) is 0 Å². The molecule has 0 unspecified atom stereocenters. The van der Waals surface area contributed by atoms with Gasteiger partial charge < -0.3 is 24.8 Å². The molecule has 0 amide bonds. The Kier molecular flexibility index (Phi) is 6.51. The van der Waals surface area contributed by atoms with Gasteiger partial charge in [0.05, 0.1) is 27.0 Å². The SMILES string of the molecule is COc1ccc(CCNc2cc(Nc3ccc(OC)cc3OC)ncn2)cc1. The molecule has 0 spiro atoms. The molecule has 7 heteroatoms. The van der Waals surface area contributed by atoms with E-state index in [0.717, 1.165) is 36.0 Å². The lowest BCUT2D eigenvalue weighted by Gasteiger charge is -2.13. The second-order valence-corrected chi connectivity index (χ2v) is 6.00. The van der Waals surface area contributed by atoms with Crippen LogP contribution in [0.1, 0.15) is 5.56 Å². The Bertz CT molecular complexity index is 900. The Morgan fingerprint density at radius 3 is 2.21 bits per heavy atom. The molecule has 0 fully saturated rings. The molecule has 0 bridgehead atoms. The Balaban J connectivity index is 1.60. The van der Waals surface area contributed by atoms with Gasteiger partial charge in [-0.2, -0.15) is 0 Å². The van der Waals surface area contributed by atoms with Crippen molar-refractivity contribution in [1.82, 2.24) is 9.97 Å². The van der Waals surface area contributed by atoms with Crippen LogP contribution in [0.3, 0.4) is 0 Å². The average molecular weight is 380 g/mol. The van der Waals surface area contributed by atoms with E-state index in [9.17, 15) is 0 Å². The number of aromatic nitrogens is 2. The van der Waals surface area contributed by atoms with Gasteiger partial charge in [0, 0.05) is 18.7 Å². The van der Waals surface area contributed by atoms with Gasteiger partial charge in [-0.1, -0.05) is 12.1 Å². The van der Waals surface area contributed by atoms with Gasteiger partial charge in [0.2, 0.25) is 0 Å². The molecule has 28 heavy (non-hydrogen) atoms. The van der Waals surface area contributed by atoms with Gasteiger partial charge in [-0.05, 0) is 36.2 Å². The molecule has 0 aliphatic heterocycles. The van der Waals surface area contributed by atoms with Crippen LogP contribution in [0, 0.1) is 0 Å². The summed E-state index contributed by atoms with van der Waals surface area (Å²) in [7, 11) is 4.90. The van der Waals surface area contributed by atoms with Crippen LogP contribution in [-0.2, 0) is 6.42 Å². The molecular weight excluding hydrogens is 356 g/mol. The van der Waals surface area contributed by atoms with Crippen LogP contribution in [0.2, 0.25) is 0 Å². The molecule has 0 aliphatic carbocycles. The van der Waals surface area contributed by atoms with Gasteiger partial charge >= 0.3 is 0 Å². The molecule has 146 valence electrons. The summed E-state index contributed by atoms with van der Waals surface area (Å²) in [6, 6.07) is 15.5. The molecule has 1 heterocycles. The third-order valence-electron chi connectivity index (χ3n) is 4.22. The highest BCUT2D eigenvalue weighted by Gasteiger charge is 2.07. The number of benzene rings is 2. The fourth-order valence-corrected chi connectivity index (χ4v) is 2.69. The van der Waals surface area contributed by atoms with E-state index in [4.69, 9.17) is 14.2 Å². The highest BCUT2D eigenvalue weighted by Crippen LogP contribution is 2.31. The molecule has 3 rings (SSSR count). The maximum Gasteiger partial charge on any atom is 0.146 e. The number of nitrogens with zero attached hydrogens (tertiary/aromatic N) is 2. The van der Waals surface area contributed by atoms with Gasteiger partial charge in [-0.25, -0.2) is 9.97 Å². The van der Waals surface area contributed by atoms with Crippen LogP contribution >= 0.6 is 0 Å². The zero-order valence-corrected chi connectivity index (χ0v) is 16.2. The minimum atomic E-state index is 0.672. The van der Waals surface area contributed by atoms with Crippen molar-refractivity contribution in [3.63, 3.8) is 0 Å². The summed E-state index contributed by atoms with van der Waals surface area (Å²) in [5.41, 5.74) is 2.02. The first kappa shape index (κ1) is 19.3. The monoisotopic (exact) mass is 380 g/mol. The van der Waals surface area contributed by atoms with Crippen LogP contribution in [-0.4, -0.2) is 37.8 Å². The Morgan fingerprint density at radius 1 is 0.786 bits per heavy atom. The maximum atomic E-state index is 5.41. The van der Waals surface area contributed by atoms with Crippen molar-refractivity contribution in [3.05, 3.63) is 60.4 Å². The van der Waals surface area contributed by atoms with E-state index in [1.165, 1.54) is 11.9 Å². The number of methoxy groups -OCH3 is 3. The van der Waals surface area contributed by atoms with E-state index < -0.39 is 0 Å². The number of hydrogen-bond donors (Lipinski definition) is 2. The highest BCUT2D eigenvalue weighted by atomic mass is 16.5. The number of hydrogen-bond acceptors (Lipinski definition) is 7. The van der Waals surface area contributed by atoms with E-state index in [2.05, 4.69) is 32.7 Å². The second kappa shape index (κ2) is 9.45. The van der Waals surface area contributed by atoms with E-state index in [0.29, 0.717) is 11.6 Å². The zero-order chi connectivity index (χ0) is 19.8. The Morgan fingerprint density at radius 2 is 1.50 bits per heavy atom. The topological polar surface area (TPSA) is 77.5 Å². The van der Waals surface area contributed by atoms with Crippen molar-refractivity contribution in [2.45, 2.75) is 6.42 Å². The number of ether oxygens (including phenoxy) is 3. The van der Waals surface area contributed by atoms with E-state index in [1.54, 1.807) is 21.3 Å². The van der Waals surface area contributed by atoms with Crippen LogP contribution in [0.25, 0.3) is 0 Å². The fraction of sp³-hybridized carbons (Fsp3) is 0.238. The minimum Gasteiger partial charge on any atom is -0.497 e. The molecule has 0 saturated heterocycles. The van der Waals surface area contributed by atoms with Crippen molar-refractivity contribution in [2.75, 3.05) is 38.5 Å². The quantitative estimate of drug-likeness (QED) is 0.583. The van der Waals surface area contributed by atoms with Crippen molar-refractivity contribution in [2.24, 2.45) is 0 Å². The Labute approximate surface area is 164 Å². The normalized spacial score (nSPS) is 10.2. The predicted molar refractivity (Wildman–Crippen MR) is 110 cm³/mol. The van der Waals surface area contributed by atoms with E-state index in [1.807, 2.05) is 36.4 Å².